The van der Waals surface area contributed by atoms with Gasteiger partial charge in [-0.15, -0.1) is 0 Å². The molecule has 0 bridgehead atoms. The summed E-state index contributed by atoms with van der Waals surface area (Å²) in [6.45, 7) is 7.17. The molecular weight excluding hydrogens is 201 g/mol. The van der Waals surface area contributed by atoms with E-state index in [1.807, 2.05) is 6.08 Å². The fraction of sp³-hybridized carbons (Fsp3) is 0.700. The minimum atomic E-state index is 0. The van der Waals surface area contributed by atoms with Gasteiger partial charge in [-0.3, -0.25) is 0 Å². The minimum Gasteiger partial charge on any atom is -0.513 e. The molecule has 0 aromatic rings. The quantitative estimate of drug-likeness (QED) is 0.530. The van der Waals surface area contributed by atoms with Crippen molar-refractivity contribution >= 4 is 0 Å². The summed E-state index contributed by atoms with van der Waals surface area (Å²) in [6, 6.07) is 0. The third-order valence-electron chi connectivity index (χ3n) is 1.96. The predicted octanol–water partition coefficient (Wildman–Crippen LogP) is 3.48. The van der Waals surface area contributed by atoms with Gasteiger partial charge in [0, 0.05) is 25.9 Å². The van der Waals surface area contributed by atoms with Gasteiger partial charge in [0.2, 0.25) is 0 Å². The second-order valence-electron chi connectivity index (χ2n) is 2.72. The summed E-state index contributed by atoms with van der Waals surface area (Å²) >= 11 is 0. The molecule has 1 aliphatic rings. The summed E-state index contributed by atoms with van der Waals surface area (Å²) in [6.07, 6.45) is 6.51. The van der Waals surface area contributed by atoms with E-state index >= 15 is 0 Å². The Morgan fingerprint density at radius 3 is 2.50 bits per heavy atom. The number of aliphatic hydroxyl groups is 1. The maximum atomic E-state index is 9.07. The summed E-state index contributed by atoms with van der Waals surface area (Å²) in [5.41, 5.74) is 0. The first-order valence-electron chi connectivity index (χ1n) is 4.43. The molecule has 1 rings (SSSR count). The molecule has 2 heteroatoms. The minimum absolute atomic E-state index is 0. The molecule has 0 radical (unpaired) electrons. The Kier molecular flexibility index (Phi) is 11.3. The number of aliphatic hydroxyl groups excluding tert-OH is 1. The van der Waals surface area contributed by atoms with Crippen molar-refractivity contribution in [3.8, 4) is 0 Å². The van der Waals surface area contributed by atoms with Gasteiger partial charge in [0.15, 0.2) is 0 Å². The van der Waals surface area contributed by atoms with Crippen LogP contribution in [0.3, 0.4) is 0 Å². The van der Waals surface area contributed by atoms with E-state index in [0.717, 1.165) is 6.42 Å². The molecule has 0 amide bonds. The number of allylic oxidation sites excluding steroid dienone is 2. The first kappa shape index (κ1) is 14.7. The van der Waals surface area contributed by atoms with Crippen molar-refractivity contribution in [2.45, 2.75) is 39.5 Å². The molecule has 0 saturated heterocycles. The molecule has 0 saturated carbocycles. The Morgan fingerprint density at radius 2 is 2.17 bits per heavy atom. The molecule has 0 fully saturated rings. The van der Waals surface area contributed by atoms with E-state index in [2.05, 4.69) is 13.8 Å². The van der Waals surface area contributed by atoms with Gasteiger partial charge < -0.3 is 12.0 Å². The van der Waals surface area contributed by atoms with Crippen molar-refractivity contribution in [2.75, 3.05) is 0 Å². The van der Waals surface area contributed by atoms with Crippen LogP contribution in [0.15, 0.2) is 11.8 Å². The zero-order chi connectivity index (χ0) is 8.69. The van der Waals surface area contributed by atoms with Crippen LogP contribution in [0.2, 0.25) is 0 Å². The van der Waals surface area contributed by atoms with Gasteiger partial charge in [-0.25, -0.2) is 0 Å². The van der Waals surface area contributed by atoms with Crippen molar-refractivity contribution in [1.29, 1.82) is 0 Å². The van der Waals surface area contributed by atoms with Gasteiger partial charge in [0.1, 0.15) is 0 Å². The molecular formula is C10H19OZn-. The molecule has 1 atom stereocenters. The first-order valence-corrected chi connectivity index (χ1v) is 4.43. The van der Waals surface area contributed by atoms with Crippen molar-refractivity contribution in [3.63, 3.8) is 0 Å². The van der Waals surface area contributed by atoms with Gasteiger partial charge >= 0.3 is 0 Å². The SMILES string of the molecule is CCC1C=C(O)CCC1.[CH2-]C.[Zn]. The molecule has 0 heterocycles. The van der Waals surface area contributed by atoms with E-state index in [-0.39, 0.29) is 19.5 Å². The molecule has 0 aromatic heterocycles. The largest absolute Gasteiger partial charge is 0.513 e. The van der Waals surface area contributed by atoms with E-state index in [9.17, 15) is 0 Å². The van der Waals surface area contributed by atoms with Crippen LogP contribution in [0.1, 0.15) is 39.5 Å². The van der Waals surface area contributed by atoms with Gasteiger partial charge in [-0.1, -0.05) is 6.92 Å². The van der Waals surface area contributed by atoms with Crippen LogP contribution in [0.5, 0.6) is 0 Å². The molecule has 1 nitrogen and oxygen atoms in total. The summed E-state index contributed by atoms with van der Waals surface area (Å²) in [5, 5.41) is 9.07. The average molecular weight is 221 g/mol. The van der Waals surface area contributed by atoms with Crippen molar-refractivity contribution < 1.29 is 24.6 Å². The smallest absolute Gasteiger partial charge is 0.0885 e. The molecule has 0 aliphatic heterocycles. The van der Waals surface area contributed by atoms with Gasteiger partial charge in [-0.05, 0) is 31.3 Å². The Morgan fingerprint density at radius 1 is 1.58 bits per heavy atom. The first-order chi connectivity index (χ1) is 5.33. The molecule has 0 aromatic carbocycles. The summed E-state index contributed by atoms with van der Waals surface area (Å²) in [7, 11) is 0. The van der Waals surface area contributed by atoms with Crippen LogP contribution in [0, 0.1) is 12.8 Å². The molecule has 1 unspecified atom stereocenters. The normalized spacial score (nSPS) is 21.2. The number of hydrogen-bond donors (Lipinski definition) is 1. The topological polar surface area (TPSA) is 20.2 Å². The second kappa shape index (κ2) is 9.25. The van der Waals surface area contributed by atoms with Gasteiger partial charge in [0.05, 0.1) is 5.76 Å². The average Bonchev–Trinajstić information content (AvgIpc) is 2.08. The van der Waals surface area contributed by atoms with E-state index in [1.165, 1.54) is 19.3 Å². The van der Waals surface area contributed by atoms with Crippen LogP contribution in [-0.2, 0) is 19.5 Å². The molecule has 12 heavy (non-hydrogen) atoms. The van der Waals surface area contributed by atoms with Crippen LogP contribution in [0.4, 0.5) is 0 Å². The molecule has 1 N–H and O–H groups in total. The Balaban J connectivity index is 0. The molecule has 0 spiro atoms. The Bertz CT molecular complexity index is 121. The van der Waals surface area contributed by atoms with Crippen LogP contribution >= 0.6 is 0 Å². The van der Waals surface area contributed by atoms with Gasteiger partial charge in [-0.2, -0.15) is 6.92 Å². The van der Waals surface area contributed by atoms with Crippen LogP contribution < -0.4 is 0 Å². The van der Waals surface area contributed by atoms with E-state index < -0.39 is 0 Å². The standard InChI is InChI=1S/C8H14O.C2H5.Zn/c1-2-7-4-3-5-8(9)6-7;1-2;/h6-7,9H,2-5H2,1H3;1H2,2H3;/q;-1;. The maximum Gasteiger partial charge on any atom is 0.0885 e. The fourth-order valence-electron chi connectivity index (χ4n) is 1.31. The molecule has 68 valence electrons. The van der Waals surface area contributed by atoms with Crippen molar-refractivity contribution in [1.82, 2.24) is 0 Å². The third-order valence-corrected chi connectivity index (χ3v) is 1.96. The third kappa shape index (κ3) is 5.77. The summed E-state index contributed by atoms with van der Waals surface area (Å²) in [5.74, 6) is 1.26. The Labute approximate surface area is 89.0 Å². The fourth-order valence-corrected chi connectivity index (χ4v) is 1.31. The predicted molar refractivity (Wildman–Crippen MR) is 49.4 cm³/mol. The van der Waals surface area contributed by atoms with E-state index in [0.29, 0.717) is 11.7 Å². The summed E-state index contributed by atoms with van der Waals surface area (Å²) < 4.78 is 0. The second-order valence-corrected chi connectivity index (χ2v) is 2.72. The summed E-state index contributed by atoms with van der Waals surface area (Å²) in [4.78, 5) is 0. The zero-order valence-electron chi connectivity index (χ0n) is 8.34. The van der Waals surface area contributed by atoms with E-state index in [1.54, 1.807) is 6.92 Å². The van der Waals surface area contributed by atoms with E-state index in [4.69, 9.17) is 5.11 Å². The molecule has 1 aliphatic carbocycles. The van der Waals surface area contributed by atoms with Crippen molar-refractivity contribution in [2.24, 2.45) is 5.92 Å². The zero-order valence-corrected chi connectivity index (χ0v) is 11.3. The van der Waals surface area contributed by atoms with Gasteiger partial charge in [0.25, 0.3) is 0 Å². The van der Waals surface area contributed by atoms with Crippen LogP contribution in [-0.4, -0.2) is 5.11 Å². The van der Waals surface area contributed by atoms with Crippen molar-refractivity contribution in [3.05, 3.63) is 18.8 Å². The number of hydrogen-bond acceptors (Lipinski definition) is 1. The Hall–Kier alpha value is 0.163. The van der Waals surface area contributed by atoms with Crippen LogP contribution in [0.25, 0.3) is 0 Å². The monoisotopic (exact) mass is 219 g/mol. The number of rotatable bonds is 1. The maximum absolute atomic E-state index is 9.07.